The molecule has 0 saturated heterocycles. The van der Waals surface area contributed by atoms with E-state index in [9.17, 15) is 13.8 Å². The molecule has 6 heteroatoms. The molecule has 2 heterocycles. The second kappa shape index (κ2) is 8.64. The number of fused-ring (bicyclic) bond motifs is 4. The van der Waals surface area contributed by atoms with Gasteiger partial charge in [0.1, 0.15) is 0 Å². The van der Waals surface area contributed by atoms with Gasteiger partial charge in [-0.25, -0.2) is 9.69 Å². The number of benzene rings is 5. The summed E-state index contributed by atoms with van der Waals surface area (Å²) >= 11 is 0. The van der Waals surface area contributed by atoms with Crippen molar-refractivity contribution >= 4 is 28.1 Å². The quantitative estimate of drug-likeness (QED) is 0.280. The molecule has 0 spiro atoms. The molecule has 2 aliphatic rings. The summed E-state index contributed by atoms with van der Waals surface area (Å²) in [6.07, 6.45) is 0. The zero-order valence-corrected chi connectivity index (χ0v) is 20.8. The van der Waals surface area contributed by atoms with Gasteiger partial charge in [0.15, 0.2) is 17.3 Å². The van der Waals surface area contributed by atoms with Crippen LogP contribution in [0.1, 0.15) is 31.8 Å². The van der Waals surface area contributed by atoms with E-state index in [0.717, 1.165) is 22.3 Å². The lowest BCUT2D eigenvalue weighted by molar-refractivity contribution is 0.102. The molecule has 7 rings (SSSR count). The molecule has 0 aromatic heterocycles. The Balaban J connectivity index is 1.22. The van der Waals surface area contributed by atoms with E-state index in [0.29, 0.717) is 43.5 Å². The molecule has 1 unspecified atom stereocenters. The number of rotatable bonds is 2. The highest BCUT2D eigenvalue weighted by Gasteiger charge is 2.29. The van der Waals surface area contributed by atoms with Gasteiger partial charge in [0.25, 0.3) is 0 Å². The van der Waals surface area contributed by atoms with Gasteiger partial charge < -0.3 is 4.84 Å². The van der Waals surface area contributed by atoms with Gasteiger partial charge in [-0.05, 0) is 70.8 Å². The van der Waals surface area contributed by atoms with Crippen LogP contribution in [0.5, 0.6) is 5.75 Å². The van der Waals surface area contributed by atoms with Crippen molar-refractivity contribution in [2.24, 2.45) is 0 Å². The van der Waals surface area contributed by atoms with E-state index in [2.05, 4.69) is 5.48 Å². The van der Waals surface area contributed by atoms with Crippen LogP contribution in [0.2, 0.25) is 0 Å². The number of carbonyl (C=O) groups excluding carboxylic acids is 2. The van der Waals surface area contributed by atoms with E-state index in [-0.39, 0.29) is 11.6 Å². The molecular weight excluding hydrogens is 494 g/mol. The summed E-state index contributed by atoms with van der Waals surface area (Å²) in [5.74, 6) is 0.266. The van der Waals surface area contributed by atoms with E-state index in [4.69, 9.17) is 4.84 Å². The highest BCUT2D eigenvalue weighted by Crippen LogP contribution is 2.36. The molecular formula is C32H19NO4S. The third-order valence-electron chi connectivity index (χ3n) is 6.97. The molecule has 38 heavy (non-hydrogen) atoms. The zero-order chi connectivity index (χ0) is 25.8. The largest absolute Gasteiger partial charge is 0.381 e. The van der Waals surface area contributed by atoms with Gasteiger partial charge >= 0.3 is 0 Å². The normalized spacial score (nSPS) is 15.2. The third-order valence-corrected chi connectivity index (χ3v) is 8.48. The number of ketones is 2. The first-order valence-corrected chi connectivity index (χ1v) is 13.2. The van der Waals surface area contributed by atoms with Crippen molar-refractivity contribution in [1.29, 1.82) is 0 Å². The topological polar surface area (TPSA) is 72.5 Å². The summed E-state index contributed by atoms with van der Waals surface area (Å²) in [6.45, 7) is 0. The average molecular weight is 514 g/mol. The highest BCUT2D eigenvalue weighted by molar-refractivity contribution is 7.85. The molecule has 5 aromatic rings. The molecule has 0 amide bonds. The Morgan fingerprint density at radius 2 is 1.08 bits per heavy atom. The Hall–Kier alpha value is -4.81. The van der Waals surface area contributed by atoms with E-state index >= 15 is 0 Å². The molecule has 5 aromatic carbocycles. The first kappa shape index (κ1) is 22.4. The first-order chi connectivity index (χ1) is 18.6. The Labute approximate surface area is 221 Å². The molecule has 1 N–H and O–H groups in total. The summed E-state index contributed by atoms with van der Waals surface area (Å²) in [5, 5.41) is 0. The predicted octanol–water partition coefficient (Wildman–Crippen LogP) is 6.68. The van der Waals surface area contributed by atoms with Gasteiger partial charge in [-0.15, -0.1) is 0 Å². The number of carbonyl (C=O) groups is 2. The van der Waals surface area contributed by atoms with Crippen LogP contribution in [0.25, 0.3) is 22.3 Å². The second-order valence-electron chi connectivity index (χ2n) is 9.17. The van der Waals surface area contributed by atoms with Crippen molar-refractivity contribution < 1.29 is 18.6 Å². The maximum Gasteiger partial charge on any atom is 0.199 e. The van der Waals surface area contributed by atoms with E-state index in [1.807, 2.05) is 66.7 Å². The summed E-state index contributed by atoms with van der Waals surface area (Å²) in [7, 11) is -1.39. The summed E-state index contributed by atoms with van der Waals surface area (Å²) in [5.41, 5.74) is 9.15. The fourth-order valence-corrected chi connectivity index (χ4v) is 6.33. The van der Waals surface area contributed by atoms with Crippen molar-refractivity contribution in [2.45, 2.75) is 9.79 Å². The lowest BCUT2D eigenvalue weighted by Gasteiger charge is -2.18. The van der Waals surface area contributed by atoms with Gasteiger partial charge in [-0.1, -0.05) is 60.7 Å². The summed E-state index contributed by atoms with van der Waals surface area (Å²) in [4.78, 5) is 33.2. The van der Waals surface area contributed by atoms with Crippen molar-refractivity contribution in [3.63, 3.8) is 0 Å². The lowest BCUT2D eigenvalue weighted by Crippen LogP contribution is -2.16. The maximum atomic E-state index is 13.2. The Kier molecular flexibility index (Phi) is 5.09. The molecule has 1 atom stereocenters. The zero-order valence-electron chi connectivity index (χ0n) is 19.9. The molecule has 0 saturated carbocycles. The fraction of sp³-hybridized carbons (Fsp3) is 0. The Morgan fingerprint density at radius 3 is 1.84 bits per heavy atom. The number of hydrogen-bond donors (Lipinski definition) is 1. The van der Waals surface area contributed by atoms with Crippen molar-refractivity contribution in [2.75, 3.05) is 5.48 Å². The standard InChI is InChI=1S/C32H19NO4S/c34-31-23-5-1-3-7-27(23)33-37-28-15-13-21(17-25(28)31)19-9-11-20(12-10-19)22-14-16-30-26(18-22)32(35)24-6-2-4-8-29(24)38(30)36/h1-18,33H. The smallest absolute Gasteiger partial charge is 0.199 e. The molecule has 0 radical (unpaired) electrons. The van der Waals surface area contributed by atoms with Gasteiger partial charge in [-0.2, -0.15) is 0 Å². The van der Waals surface area contributed by atoms with Crippen LogP contribution in [-0.4, -0.2) is 15.8 Å². The van der Waals surface area contributed by atoms with Gasteiger partial charge in [0.2, 0.25) is 0 Å². The summed E-state index contributed by atoms with van der Waals surface area (Å²) in [6, 6.07) is 33.3. The fourth-order valence-electron chi connectivity index (χ4n) is 4.98. The van der Waals surface area contributed by atoms with Gasteiger partial charge in [0, 0.05) is 16.7 Å². The third kappa shape index (κ3) is 3.49. The van der Waals surface area contributed by atoms with Crippen LogP contribution in [0, 0.1) is 0 Å². The van der Waals surface area contributed by atoms with Crippen LogP contribution in [0.4, 0.5) is 5.69 Å². The van der Waals surface area contributed by atoms with Gasteiger partial charge in [0.05, 0.1) is 31.8 Å². The molecule has 0 fully saturated rings. The SMILES string of the molecule is O=C1c2ccccc2NOc2ccc(-c3ccc(-c4ccc5c(c4)C(=O)c4ccccc4S5=O)cc3)cc21. The maximum absolute atomic E-state index is 13.2. The number of para-hydroxylation sites is 1. The molecule has 0 bridgehead atoms. The minimum absolute atomic E-state index is 0.100. The Bertz CT molecular complexity index is 1820. The molecule has 182 valence electrons. The van der Waals surface area contributed by atoms with Crippen LogP contribution < -0.4 is 10.3 Å². The summed E-state index contributed by atoms with van der Waals surface area (Å²) < 4.78 is 13.0. The monoisotopic (exact) mass is 513 g/mol. The molecule has 2 aliphatic heterocycles. The Morgan fingerprint density at radius 1 is 0.526 bits per heavy atom. The minimum Gasteiger partial charge on any atom is -0.381 e. The van der Waals surface area contributed by atoms with Crippen LogP contribution in [0.3, 0.4) is 0 Å². The van der Waals surface area contributed by atoms with E-state index in [1.165, 1.54) is 0 Å². The lowest BCUT2D eigenvalue weighted by atomic mass is 9.94. The van der Waals surface area contributed by atoms with Crippen LogP contribution in [-0.2, 0) is 10.8 Å². The van der Waals surface area contributed by atoms with Crippen molar-refractivity contribution in [3.8, 4) is 28.0 Å². The van der Waals surface area contributed by atoms with Crippen molar-refractivity contribution in [1.82, 2.24) is 0 Å². The average Bonchev–Trinajstić information content (AvgIpc) is 3.12. The first-order valence-electron chi connectivity index (χ1n) is 12.1. The second-order valence-corrected chi connectivity index (χ2v) is 10.6. The van der Waals surface area contributed by atoms with Gasteiger partial charge in [-0.3, -0.25) is 9.59 Å². The number of nitrogens with one attached hydrogen (secondary N) is 1. The number of hydrogen-bond acceptors (Lipinski definition) is 5. The van der Waals surface area contributed by atoms with Crippen LogP contribution in [0.15, 0.2) is 119 Å². The van der Waals surface area contributed by atoms with Crippen LogP contribution >= 0.6 is 0 Å². The number of anilines is 1. The van der Waals surface area contributed by atoms with Crippen molar-refractivity contribution in [3.05, 3.63) is 131 Å². The molecule has 5 nitrogen and oxygen atoms in total. The predicted molar refractivity (Wildman–Crippen MR) is 146 cm³/mol. The highest BCUT2D eigenvalue weighted by atomic mass is 32.2. The minimum atomic E-state index is -1.39. The van der Waals surface area contributed by atoms with E-state index < -0.39 is 10.8 Å². The molecule has 0 aliphatic carbocycles. The van der Waals surface area contributed by atoms with E-state index in [1.54, 1.807) is 42.5 Å².